The fourth-order valence-corrected chi connectivity index (χ4v) is 8.68. The summed E-state index contributed by atoms with van der Waals surface area (Å²) in [5, 5.41) is 0. The molecule has 0 nitrogen and oxygen atoms in total. The third-order valence-corrected chi connectivity index (χ3v) is 10.7. The SMILES string of the molecule is [CH2]=[Ti]([CH2]c1ccccc1)([C]1=CC=CC1)[C]1=CC=CC1. The molecule has 3 rings (SSSR count). The van der Waals surface area contributed by atoms with Crippen LogP contribution in [0.3, 0.4) is 0 Å². The summed E-state index contributed by atoms with van der Waals surface area (Å²) in [6.45, 7) is 0. The zero-order valence-corrected chi connectivity index (χ0v) is 12.7. The van der Waals surface area contributed by atoms with Crippen LogP contribution in [0.25, 0.3) is 0 Å². The first-order valence-corrected chi connectivity index (χ1v) is 10.7. The molecule has 19 heavy (non-hydrogen) atoms. The van der Waals surface area contributed by atoms with Gasteiger partial charge in [0.15, 0.2) is 0 Å². The summed E-state index contributed by atoms with van der Waals surface area (Å²) in [6, 6.07) is 10.9. The van der Waals surface area contributed by atoms with E-state index in [4.69, 9.17) is 4.82 Å². The molecule has 0 atom stereocenters. The van der Waals surface area contributed by atoms with Gasteiger partial charge in [-0.3, -0.25) is 0 Å². The van der Waals surface area contributed by atoms with Gasteiger partial charge < -0.3 is 0 Å². The Morgan fingerprint density at radius 2 is 1.47 bits per heavy atom. The molecule has 95 valence electrons. The molecule has 2 aliphatic carbocycles. The van der Waals surface area contributed by atoms with E-state index in [0.29, 0.717) is 0 Å². The zero-order chi connectivity index (χ0) is 13.1. The number of hydrogen-bond acceptors (Lipinski definition) is 0. The zero-order valence-electron chi connectivity index (χ0n) is 11.2. The molecule has 0 aromatic heterocycles. The predicted molar refractivity (Wildman–Crippen MR) is 80.9 cm³/mol. The van der Waals surface area contributed by atoms with E-state index in [1.165, 1.54) is 10.3 Å². The summed E-state index contributed by atoms with van der Waals surface area (Å²) in [7, 11) is 0. The Hall–Kier alpha value is -1.24. The topological polar surface area (TPSA) is 0 Å². The number of allylic oxidation sites excluding steroid dienone is 8. The molecule has 0 radical (unpaired) electrons. The monoisotopic (exact) mass is 283 g/mol. The number of rotatable bonds is 4. The van der Waals surface area contributed by atoms with Crippen LogP contribution in [0.15, 0.2) is 74.5 Å². The molecule has 0 amide bonds. The summed E-state index contributed by atoms with van der Waals surface area (Å²) < 4.78 is 4.42. The molecule has 1 aromatic carbocycles. The second-order valence-corrected chi connectivity index (χ2v) is 11.3. The van der Waals surface area contributed by atoms with Crippen LogP contribution in [0.5, 0.6) is 0 Å². The quantitative estimate of drug-likeness (QED) is 0.716. The average Bonchev–Trinajstić information content (AvgIpc) is 3.14. The van der Waals surface area contributed by atoms with Crippen LogP contribution < -0.4 is 0 Å². The van der Waals surface area contributed by atoms with Crippen molar-refractivity contribution in [1.29, 1.82) is 0 Å². The third kappa shape index (κ3) is 2.56. The van der Waals surface area contributed by atoms with Gasteiger partial charge in [-0.25, -0.2) is 0 Å². The van der Waals surface area contributed by atoms with E-state index >= 15 is 0 Å². The summed E-state index contributed by atoms with van der Waals surface area (Å²) in [6.07, 6.45) is 15.8. The van der Waals surface area contributed by atoms with Crippen molar-refractivity contribution < 1.29 is 16.1 Å². The van der Waals surface area contributed by atoms with Crippen LogP contribution in [0.2, 0.25) is 0 Å². The molecule has 0 saturated heterocycles. The minimum absolute atomic E-state index is 1.12. The van der Waals surface area contributed by atoms with E-state index in [1.54, 1.807) is 7.76 Å². The van der Waals surface area contributed by atoms with Gasteiger partial charge in [0.25, 0.3) is 0 Å². The van der Waals surface area contributed by atoms with E-state index in [1.807, 2.05) is 0 Å². The molecule has 1 heteroatoms. The van der Waals surface area contributed by atoms with Crippen molar-refractivity contribution >= 4 is 4.82 Å². The van der Waals surface area contributed by atoms with Gasteiger partial charge in [0, 0.05) is 0 Å². The molecule has 0 unspecified atom stereocenters. The van der Waals surface area contributed by atoms with Gasteiger partial charge in [-0.15, -0.1) is 0 Å². The van der Waals surface area contributed by atoms with Crippen molar-refractivity contribution in [2.45, 2.75) is 17.6 Å². The summed E-state index contributed by atoms with van der Waals surface area (Å²) in [5.74, 6) is 0. The van der Waals surface area contributed by atoms with E-state index in [9.17, 15) is 0 Å². The molecular formula is C18H19Ti. The maximum atomic E-state index is 4.80. The first-order chi connectivity index (χ1) is 9.29. The van der Waals surface area contributed by atoms with Crippen molar-refractivity contribution in [2.24, 2.45) is 0 Å². The fourth-order valence-electron chi connectivity index (χ4n) is 2.98. The maximum absolute atomic E-state index is 4.80. The van der Waals surface area contributed by atoms with Crippen molar-refractivity contribution in [3.8, 4) is 0 Å². The van der Waals surface area contributed by atoms with Crippen molar-refractivity contribution in [3.05, 3.63) is 80.1 Å². The summed E-state index contributed by atoms with van der Waals surface area (Å²) in [5.41, 5.74) is 1.44. The Balaban J connectivity index is 1.95. The fraction of sp³-hybridized carbons (Fsp3) is 0.167. The molecule has 0 spiro atoms. The minimum atomic E-state index is -2.37. The van der Waals surface area contributed by atoms with Crippen LogP contribution in [0.4, 0.5) is 0 Å². The summed E-state index contributed by atoms with van der Waals surface area (Å²) >= 11 is -2.37. The Kier molecular flexibility index (Phi) is 3.64. The van der Waals surface area contributed by atoms with Crippen LogP contribution in [0, 0.1) is 0 Å². The third-order valence-electron chi connectivity index (χ3n) is 4.12. The molecule has 0 N–H and O–H groups in total. The Morgan fingerprint density at radius 1 is 0.895 bits per heavy atom. The first-order valence-electron chi connectivity index (χ1n) is 6.91. The van der Waals surface area contributed by atoms with Gasteiger partial charge in [-0.05, 0) is 0 Å². The normalized spacial score (nSPS) is 17.7. The first kappa shape index (κ1) is 12.8. The average molecular weight is 283 g/mol. The molecule has 1 aromatic rings. The predicted octanol–water partition coefficient (Wildman–Crippen LogP) is 4.46. The van der Waals surface area contributed by atoms with Gasteiger partial charge in [-0.2, -0.15) is 0 Å². The van der Waals surface area contributed by atoms with Crippen molar-refractivity contribution in [3.63, 3.8) is 0 Å². The molecule has 0 aliphatic heterocycles. The Morgan fingerprint density at radius 3 is 1.95 bits per heavy atom. The van der Waals surface area contributed by atoms with Gasteiger partial charge in [0.1, 0.15) is 0 Å². The van der Waals surface area contributed by atoms with E-state index < -0.39 is 16.1 Å². The van der Waals surface area contributed by atoms with Crippen LogP contribution in [-0.2, 0) is 20.9 Å². The molecule has 0 saturated carbocycles. The van der Waals surface area contributed by atoms with E-state index in [2.05, 4.69) is 66.8 Å². The van der Waals surface area contributed by atoms with E-state index in [-0.39, 0.29) is 0 Å². The van der Waals surface area contributed by atoms with Gasteiger partial charge >= 0.3 is 119 Å². The summed E-state index contributed by atoms with van der Waals surface area (Å²) in [4.78, 5) is 4.80. The Bertz CT molecular complexity index is 593. The van der Waals surface area contributed by atoms with Crippen LogP contribution >= 0.6 is 0 Å². The van der Waals surface area contributed by atoms with E-state index in [0.717, 1.165) is 12.8 Å². The number of hydrogen-bond donors (Lipinski definition) is 0. The second kappa shape index (κ2) is 5.40. The second-order valence-electron chi connectivity index (χ2n) is 5.39. The van der Waals surface area contributed by atoms with Crippen LogP contribution in [0.1, 0.15) is 18.4 Å². The molecule has 0 heterocycles. The van der Waals surface area contributed by atoms with Crippen molar-refractivity contribution in [2.75, 3.05) is 0 Å². The standard InChI is InChI=1S/C7H7.2C5H5.CH2.Ti/c1-7-5-3-2-4-6-7;2*1-2-4-5-3-1;;/h2-6H,1H2;2*1-3H,4H2;1H2;. The van der Waals surface area contributed by atoms with Crippen molar-refractivity contribution in [1.82, 2.24) is 0 Å². The molecular weight excluding hydrogens is 264 g/mol. The van der Waals surface area contributed by atoms with Gasteiger partial charge in [0.05, 0.1) is 0 Å². The molecule has 2 aliphatic rings. The van der Waals surface area contributed by atoms with Gasteiger partial charge in [-0.1, -0.05) is 0 Å². The number of benzene rings is 1. The van der Waals surface area contributed by atoms with Crippen LogP contribution in [-0.4, -0.2) is 4.82 Å². The molecule has 0 bridgehead atoms. The Labute approximate surface area is 118 Å². The molecule has 0 fully saturated rings. The van der Waals surface area contributed by atoms with Gasteiger partial charge in [0.2, 0.25) is 0 Å².